The fourth-order valence-corrected chi connectivity index (χ4v) is 1.84. The van der Waals surface area contributed by atoms with Gasteiger partial charge in [-0.3, -0.25) is 0 Å². The van der Waals surface area contributed by atoms with Crippen LogP contribution in [0.1, 0.15) is 18.4 Å². The number of halogens is 1. The quantitative estimate of drug-likeness (QED) is 0.898. The zero-order valence-electron chi connectivity index (χ0n) is 8.00. The van der Waals surface area contributed by atoms with Gasteiger partial charge in [0.15, 0.2) is 0 Å². The fourth-order valence-electron chi connectivity index (χ4n) is 1.32. The van der Waals surface area contributed by atoms with Crippen molar-refractivity contribution in [1.29, 1.82) is 0 Å². The molecule has 0 saturated heterocycles. The molecule has 1 aliphatic carbocycles. The van der Waals surface area contributed by atoms with Crippen molar-refractivity contribution in [2.75, 3.05) is 6.61 Å². The van der Waals surface area contributed by atoms with Crippen LogP contribution >= 0.6 is 15.9 Å². The molecule has 0 aromatic heterocycles. The van der Waals surface area contributed by atoms with E-state index in [1.807, 2.05) is 18.2 Å². The van der Waals surface area contributed by atoms with E-state index < -0.39 is 0 Å². The third-order valence-corrected chi connectivity index (χ3v) is 2.81. The number of hydrogen-bond acceptors (Lipinski definition) is 2. The van der Waals surface area contributed by atoms with Crippen molar-refractivity contribution in [2.45, 2.75) is 19.4 Å². The molecule has 1 fully saturated rings. The van der Waals surface area contributed by atoms with Crippen LogP contribution in [0.5, 0.6) is 5.75 Å². The van der Waals surface area contributed by atoms with E-state index in [0.29, 0.717) is 6.54 Å². The van der Waals surface area contributed by atoms with Gasteiger partial charge >= 0.3 is 0 Å². The number of ether oxygens (including phenoxy) is 1. The number of rotatable bonds is 4. The summed E-state index contributed by atoms with van der Waals surface area (Å²) in [5.74, 6) is 1.71. The summed E-state index contributed by atoms with van der Waals surface area (Å²) in [5, 5.41) is 0. The van der Waals surface area contributed by atoms with Crippen LogP contribution in [0.15, 0.2) is 22.7 Å². The second-order valence-corrected chi connectivity index (χ2v) is 4.67. The largest absolute Gasteiger partial charge is 0.493 e. The Hall–Kier alpha value is -0.540. The lowest BCUT2D eigenvalue weighted by molar-refractivity contribution is 0.299. The van der Waals surface area contributed by atoms with Crippen LogP contribution in [0.2, 0.25) is 0 Å². The van der Waals surface area contributed by atoms with Crippen molar-refractivity contribution in [2.24, 2.45) is 11.7 Å². The Morgan fingerprint density at radius 2 is 2.14 bits per heavy atom. The summed E-state index contributed by atoms with van der Waals surface area (Å²) in [6, 6.07) is 6.01. The molecule has 0 heterocycles. The third kappa shape index (κ3) is 2.72. The maximum Gasteiger partial charge on any atom is 0.120 e. The van der Waals surface area contributed by atoms with Crippen molar-refractivity contribution in [3.63, 3.8) is 0 Å². The minimum Gasteiger partial charge on any atom is -0.493 e. The van der Waals surface area contributed by atoms with Crippen LogP contribution in [0.4, 0.5) is 0 Å². The van der Waals surface area contributed by atoms with E-state index in [1.165, 1.54) is 12.8 Å². The molecule has 2 rings (SSSR count). The maximum absolute atomic E-state index is 5.67. The molecule has 76 valence electrons. The van der Waals surface area contributed by atoms with Gasteiger partial charge in [0, 0.05) is 11.0 Å². The van der Waals surface area contributed by atoms with Crippen molar-refractivity contribution >= 4 is 15.9 Å². The van der Waals surface area contributed by atoms with E-state index in [1.54, 1.807) is 0 Å². The SMILES string of the molecule is NCc1cc(Br)cc(OCC2CC2)c1. The first kappa shape index (κ1) is 9.99. The highest BCUT2D eigenvalue weighted by Crippen LogP contribution is 2.30. The summed E-state index contributed by atoms with van der Waals surface area (Å²) in [5.41, 5.74) is 6.68. The van der Waals surface area contributed by atoms with Gasteiger partial charge in [0.05, 0.1) is 6.61 Å². The second-order valence-electron chi connectivity index (χ2n) is 3.75. The minimum absolute atomic E-state index is 0.555. The van der Waals surface area contributed by atoms with E-state index in [2.05, 4.69) is 15.9 Å². The van der Waals surface area contributed by atoms with Gasteiger partial charge in [-0.1, -0.05) is 15.9 Å². The smallest absolute Gasteiger partial charge is 0.120 e. The zero-order chi connectivity index (χ0) is 9.97. The minimum atomic E-state index is 0.555. The highest BCUT2D eigenvalue weighted by Gasteiger charge is 2.21. The van der Waals surface area contributed by atoms with Gasteiger partial charge in [-0.2, -0.15) is 0 Å². The van der Waals surface area contributed by atoms with Gasteiger partial charge < -0.3 is 10.5 Å². The van der Waals surface area contributed by atoms with E-state index in [0.717, 1.165) is 28.3 Å². The van der Waals surface area contributed by atoms with E-state index >= 15 is 0 Å². The molecule has 1 saturated carbocycles. The topological polar surface area (TPSA) is 35.2 Å². The molecule has 0 spiro atoms. The molecule has 0 radical (unpaired) electrons. The maximum atomic E-state index is 5.67. The molecule has 3 heteroatoms. The van der Waals surface area contributed by atoms with Crippen LogP contribution in [0.3, 0.4) is 0 Å². The lowest BCUT2D eigenvalue weighted by Crippen LogP contribution is -2.01. The standard InChI is InChI=1S/C11H14BrNO/c12-10-3-9(6-13)4-11(5-10)14-7-8-1-2-8/h3-5,8H,1-2,6-7,13H2. The molecule has 0 amide bonds. The average molecular weight is 256 g/mol. The summed E-state index contributed by atoms with van der Waals surface area (Å²) >= 11 is 3.44. The summed E-state index contributed by atoms with van der Waals surface area (Å²) in [6.07, 6.45) is 2.63. The van der Waals surface area contributed by atoms with Crippen molar-refractivity contribution < 1.29 is 4.74 Å². The highest BCUT2D eigenvalue weighted by atomic mass is 79.9. The van der Waals surface area contributed by atoms with Gasteiger partial charge in [-0.15, -0.1) is 0 Å². The average Bonchev–Trinajstić information content (AvgIpc) is 2.97. The monoisotopic (exact) mass is 255 g/mol. The third-order valence-electron chi connectivity index (χ3n) is 2.35. The Labute approximate surface area is 92.6 Å². The molecule has 0 aliphatic heterocycles. The number of benzene rings is 1. The lowest BCUT2D eigenvalue weighted by atomic mass is 10.2. The molecule has 0 unspecified atom stereocenters. The predicted molar refractivity (Wildman–Crippen MR) is 60.3 cm³/mol. The first-order valence-electron chi connectivity index (χ1n) is 4.90. The Morgan fingerprint density at radius 3 is 2.79 bits per heavy atom. The molecule has 0 bridgehead atoms. The summed E-state index contributed by atoms with van der Waals surface area (Å²) in [4.78, 5) is 0. The van der Waals surface area contributed by atoms with Crippen LogP contribution < -0.4 is 10.5 Å². The van der Waals surface area contributed by atoms with Crippen LogP contribution in [-0.4, -0.2) is 6.61 Å². The summed E-state index contributed by atoms with van der Waals surface area (Å²) < 4.78 is 6.70. The van der Waals surface area contributed by atoms with Gasteiger partial charge in [-0.25, -0.2) is 0 Å². The fraction of sp³-hybridized carbons (Fsp3) is 0.455. The second kappa shape index (κ2) is 4.32. The van der Waals surface area contributed by atoms with Crippen molar-refractivity contribution in [1.82, 2.24) is 0 Å². The van der Waals surface area contributed by atoms with Gasteiger partial charge in [0.2, 0.25) is 0 Å². The van der Waals surface area contributed by atoms with Gasteiger partial charge in [-0.05, 0) is 42.5 Å². The summed E-state index contributed by atoms with van der Waals surface area (Å²) in [7, 11) is 0. The predicted octanol–water partition coefficient (Wildman–Crippen LogP) is 2.70. The molecule has 2 nitrogen and oxygen atoms in total. The van der Waals surface area contributed by atoms with Crippen molar-refractivity contribution in [3.05, 3.63) is 28.2 Å². The lowest BCUT2D eigenvalue weighted by Gasteiger charge is -2.07. The Bertz CT molecular complexity index is 323. The number of hydrogen-bond donors (Lipinski definition) is 1. The molecule has 14 heavy (non-hydrogen) atoms. The van der Waals surface area contributed by atoms with Crippen LogP contribution in [0, 0.1) is 5.92 Å². The zero-order valence-corrected chi connectivity index (χ0v) is 9.59. The van der Waals surface area contributed by atoms with Gasteiger partial charge in [0.25, 0.3) is 0 Å². The molecular weight excluding hydrogens is 242 g/mol. The van der Waals surface area contributed by atoms with E-state index in [4.69, 9.17) is 10.5 Å². The Balaban J connectivity index is 2.03. The first-order chi connectivity index (χ1) is 6.78. The van der Waals surface area contributed by atoms with Crippen LogP contribution in [-0.2, 0) is 6.54 Å². The Kier molecular flexibility index (Phi) is 3.08. The molecule has 1 aromatic carbocycles. The van der Waals surface area contributed by atoms with E-state index in [-0.39, 0.29) is 0 Å². The molecule has 1 aliphatic rings. The van der Waals surface area contributed by atoms with E-state index in [9.17, 15) is 0 Å². The van der Waals surface area contributed by atoms with Crippen molar-refractivity contribution in [3.8, 4) is 5.75 Å². The van der Waals surface area contributed by atoms with Crippen LogP contribution in [0.25, 0.3) is 0 Å². The normalized spacial score (nSPS) is 15.6. The highest BCUT2D eigenvalue weighted by molar-refractivity contribution is 9.10. The first-order valence-corrected chi connectivity index (χ1v) is 5.69. The summed E-state index contributed by atoms with van der Waals surface area (Å²) in [6.45, 7) is 1.40. The molecule has 0 atom stereocenters. The molecular formula is C11H14BrNO. The number of nitrogens with two attached hydrogens (primary N) is 1. The van der Waals surface area contributed by atoms with Gasteiger partial charge in [0.1, 0.15) is 5.75 Å². The molecule has 2 N–H and O–H groups in total. The Morgan fingerprint density at radius 1 is 1.36 bits per heavy atom. The molecule has 1 aromatic rings.